The van der Waals surface area contributed by atoms with Crippen molar-refractivity contribution >= 4 is 11.6 Å². The molecular formula is C11H6ClF2N2O. The predicted octanol–water partition coefficient (Wildman–Crippen LogP) is 2.79. The van der Waals surface area contributed by atoms with E-state index >= 15 is 0 Å². The molecule has 0 bridgehead atoms. The number of hydrogen-bond donors (Lipinski definition) is 0. The molecule has 0 fully saturated rings. The minimum absolute atomic E-state index is 0.148. The van der Waals surface area contributed by atoms with Crippen LogP contribution in [0.3, 0.4) is 0 Å². The number of benzene rings is 1. The summed E-state index contributed by atoms with van der Waals surface area (Å²) in [6.45, 7) is -0.148. The fraction of sp³-hybridized carbons (Fsp3) is 0.0909. The molecule has 1 radical (unpaired) electrons. The topological polar surface area (TPSA) is 35.0 Å². The average molecular weight is 256 g/mol. The van der Waals surface area contributed by atoms with Crippen LogP contribution in [0.4, 0.5) is 8.78 Å². The third-order valence-corrected chi connectivity index (χ3v) is 2.21. The van der Waals surface area contributed by atoms with Crippen LogP contribution in [0.2, 0.25) is 5.02 Å². The van der Waals surface area contributed by atoms with Gasteiger partial charge in [-0.3, -0.25) is 0 Å². The zero-order chi connectivity index (χ0) is 12.3. The molecule has 0 aliphatic heterocycles. The number of aromatic nitrogens is 2. The highest BCUT2D eigenvalue weighted by Crippen LogP contribution is 2.17. The van der Waals surface area contributed by atoms with E-state index in [4.69, 9.17) is 16.3 Å². The molecule has 0 unspecified atom stereocenters. The Bertz CT molecular complexity index is 537. The summed E-state index contributed by atoms with van der Waals surface area (Å²) in [7, 11) is 0. The van der Waals surface area contributed by atoms with E-state index in [1.165, 1.54) is 12.1 Å². The van der Waals surface area contributed by atoms with Crippen LogP contribution in [0, 0.1) is 18.0 Å². The second kappa shape index (κ2) is 5.05. The Morgan fingerprint density at radius 3 is 2.82 bits per heavy atom. The van der Waals surface area contributed by atoms with E-state index in [-0.39, 0.29) is 23.1 Å². The minimum Gasteiger partial charge on any atom is -0.471 e. The van der Waals surface area contributed by atoms with E-state index in [9.17, 15) is 8.78 Å². The molecule has 2 aromatic rings. The maximum atomic E-state index is 13.4. The van der Waals surface area contributed by atoms with Crippen LogP contribution >= 0.6 is 11.6 Å². The molecule has 0 atom stereocenters. The van der Waals surface area contributed by atoms with E-state index in [0.29, 0.717) is 0 Å². The summed E-state index contributed by atoms with van der Waals surface area (Å²) in [5.74, 6) is -1.51. The normalized spacial score (nSPS) is 10.3. The lowest BCUT2D eigenvalue weighted by atomic mass is 10.2. The van der Waals surface area contributed by atoms with Crippen molar-refractivity contribution in [2.24, 2.45) is 0 Å². The molecule has 0 amide bonds. The Morgan fingerprint density at radius 2 is 2.12 bits per heavy atom. The summed E-state index contributed by atoms with van der Waals surface area (Å²) in [6, 6.07) is 4.13. The average Bonchev–Trinajstić information content (AvgIpc) is 2.30. The van der Waals surface area contributed by atoms with Gasteiger partial charge in [0, 0.05) is 10.6 Å². The van der Waals surface area contributed by atoms with E-state index in [2.05, 4.69) is 16.3 Å². The highest BCUT2D eigenvalue weighted by molar-refractivity contribution is 6.30. The quantitative estimate of drug-likeness (QED) is 0.846. The van der Waals surface area contributed by atoms with Crippen LogP contribution in [0.25, 0.3) is 0 Å². The Morgan fingerprint density at radius 1 is 1.29 bits per heavy atom. The van der Waals surface area contributed by atoms with Gasteiger partial charge in [-0.15, -0.1) is 0 Å². The minimum atomic E-state index is -0.724. The zero-order valence-electron chi connectivity index (χ0n) is 8.45. The molecule has 0 saturated heterocycles. The third-order valence-electron chi connectivity index (χ3n) is 1.97. The maximum absolute atomic E-state index is 13.4. The second-order valence-electron chi connectivity index (χ2n) is 3.15. The van der Waals surface area contributed by atoms with Gasteiger partial charge in [0.1, 0.15) is 12.4 Å². The van der Waals surface area contributed by atoms with Gasteiger partial charge in [-0.05, 0) is 12.1 Å². The van der Waals surface area contributed by atoms with Crippen LogP contribution in [0.5, 0.6) is 5.88 Å². The van der Waals surface area contributed by atoms with Crippen molar-refractivity contribution in [2.75, 3.05) is 0 Å². The lowest BCUT2D eigenvalue weighted by Crippen LogP contribution is -2.02. The molecule has 6 heteroatoms. The molecule has 17 heavy (non-hydrogen) atoms. The van der Waals surface area contributed by atoms with Crippen LogP contribution in [-0.2, 0) is 6.61 Å². The van der Waals surface area contributed by atoms with Crippen molar-refractivity contribution in [3.8, 4) is 5.88 Å². The Labute approximate surface area is 101 Å². The second-order valence-corrected chi connectivity index (χ2v) is 3.58. The molecule has 2 rings (SSSR count). The van der Waals surface area contributed by atoms with Gasteiger partial charge in [-0.1, -0.05) is 17.7 Å². The van der Waals surface area contributed by atoms with Gasteiger partial charge in [-0.25, -0.2) is 9.37 Å². The van der Waals surface area contributed by atoms with Crippen molar-refractivity contribution in [1.82, 2.24) is 9.97 Å². The maximum Gasteiger partial charge on any atom is 0.254 e. The van der Waals surface area contributed by atoms with E-state index in [1.807, 2.05) is 0 Å². The monoisotopic (exact) mass is 255 g/mol. The molecule has 1 aromatic carbocycles. The SMILES string of the molecule is Fc1cc(Cl)ccc1COc1n[c]ncc1F. The highest BCUT2D eigenvalue weighted by Gasteiger charge is 2.07. The summed E-state index contributed by atoms with van der Waals surface area (Å²) in [5.41, 5.74) is 0.257. The number of rotatable bonds is 3. The lowest BCUT2D eigenvalue weighted by Gasteiger charge is -2.06. The first-order valence-electron chi connectivity index (χ1n) is 4.62. The standard InChI is InChI=1S/C11H6ClF2N2O/c12-8-2-1-7(9(13)3-8)5-17-11-10(14)4-15-6-16-11/h1-4H,5H2. The first-order valence-corrected chi connectivity index (χ1v) is 5.00. The molecular weight excluding hydrogens is 250 g/mol. The number of ether oxygens (including phenoxy) is 1. The summed E-state index contributed by atoms with van der Waals surface area (Å²) < 4.78 is 31.4. The molecule has 0 aliphatic carbocycles. The van der Waals surface area contributed by atoms with Gasteiger partial charge in [0.15, 0.2) is 0 Å². The van der Waals surface area contributed by atoms with Crippen LogP contribution in [-0.4, -0.2) is 9.97 Å². The van der Waals surface area contributed by atoms with Crippen LogP contribution in [0.1, 0.15) is 5.56 Å². The Kier molecular flexibility index (Phi) is 3.49. The third kappa shape index (κ3) is 2.88. The first kappa shape index (κ1) is 11.7. The molecule has 1 heterocycles. The molecule has 87 valence electrons. The van der Waals surface area contributed by atoms with E-state index in [0.717, 1.165) is 12.3 Å². The highest BCUT2D eigenvalue weighted by atomic mass is 35.5. The van der Waals surface area contributed by atoms with E-state index in [1.54, 1.807) is 0 Å². The summed E-state index contributed by atoms with van der Waals surface area (Å²) >= 11 is 5.59. The Hall–Kier alpha value is -1.75. The first-order chi connectivity index (χ1) is 8.16. The lowest BCUT2D eigenvalue weighted by molar-refractivity contribution is 0.271. The summed E-state index contributed by atoms with van der Waals surface area (Å²) in [5, 5.41) is 0.285. The Balaban J connectivity index is 2.10. The molecule has 0 N–H and O–H groups in total. The van der Waals surface area contributed by atoms with Gasteiger partial charge in [0.2, 0.25) is 12.1 Å². The summed E-state index contributed by atoms with van der Waals surface area (Å²) in [4.78, 5) is 6.81. The van der Waals surface area contributed by atoms with E-state index < -0.39 is 11.6 Å². The number of halogens is 3. The number of nitrogens with zero attached hydrogens (tertiary/aromatic N) is 2. The number of hydrogen-bond acceptors (Lipinski definition) is 3. The van der Waals surface area contributed by atoms with Gasteiger partial charge >= 0.3 is 0 Å². The molecule has 0 saturated carbocycles. The molecule has 3 nitrogen and oxygen atoms in total. The fourth-order valence-electron chi connectivity index (χ4n) is 1.15. The summed E-state index contributed by atoms with van der Waals surface area (Å²) in [6.07, 6.45) is 3.10. The molecule has 0 aliphatic rings. The molecule has 0 spiro atoms. The van der Waals surface area contributed by atoms with Crippen molar-refractivity contribution < 1.29 is 13.5 Å². The largest absolute Gasteiger partial charge is 0.471 e. The fourth-order valence-corrected chi connectivity index (χ4v) is 1.31. The van der Waals surface area contributed by atoms with Gasteiger partial charge in [0.05, 0.1) is 6.20 Å². The van der Waals surface area contributed by atoms with Crippen LogP contribution < -0.4 is 4.74 Å². The van der Waals surface area contributed by atoms with Crippen molar-refractivity contribution in [3.63, 3.8) is 0 Å². The van der Waals surface area contributed by atoms with Crippen LogP contribution in [0.15, 0.2) is 24.4 Å². The zero-order valence-corrected chi connectivity index (χ0v) is 9.21. The smallest absolute Gasteiger partial charge is 0.254 e. The molecule has 1 aromatic heterocycles. The van der Waals surface area contributed by atoms with Crippen molar-refractivity contribution in [3.05, 3.63) is 52.9 Å². The van der Waals surface area contributed by atoms with Gasteiger partial charge in [0.25, 0.3) is 5.88 Å². The van der Waals surface area contributed by atoms with Gasteiger partial charge in [-0.2, -0.15) is 9.37 Å². The van der Waals surface area contributed by atoms with Crippen molar-refractivity contribution in [2.45, 2.75) is 6.61 Å². The predicted molar refractivity (Wildman–Crippen MR) is 56.6 cm³/mol. The van der Waals surface area contributed by atoms with Gasteiger partial charge < -0.3 is 4.74 Å². The van der Waals surface area contributed by atoms with Crippen molar-refractivity contribution in [1.29, 1.82) is 0 Å².